The smallest absolute Gasteiger partial charge is 0.0714 e. The maximum absolute atomic E-state index is 2.47. The predicted octanol–water partition coefficient (Wildman–Crippen LogP) is 14.5. The number of anilines is 3. The molecule has 0 unspecified atom stereocenters. The van der Waals surface area contributed by atoms with Crippen LogP contribution >= 0.6 is 0 Å². The van der Waals surface area contributed by atoms with Crippen molar-refractivity contribution in [2.45, 2.75) is 5.41 Å². The molecule has 10 rings (SSSR count). The highest BCUT2D eigenvalue weighted by Crippen LogP contribution is 2.59. The first-order valence-corrected chi connectivity index (χ1v) is 19.4. The van der Waals surface area contributed by atoms with E-state index in [-0.39, 0.29) is 0 Å². The molecule has 0 radical (unpaired) electrons. The molecular weight excluding hydrogens is 675 g/mol. The molecule has 1 nitrogen and oxygen atoms in total. The van der Waals surface area contributed by atoms with Gasteiger partial charge in [-0.1, -0.05) is 206 Å². The summed E-state index contributed by atoms with van der Waals surface area (Å²) in [6, 6.07) is 86.2. The molecule has 0 heterocycles. The quantitative estimate of drug-likeness (QED) is 0.152. The van der Waals surface area contributed by atoms with Crippen molar-refractivity contribution in [1.29, 1.82) is 0 Å². The lowest BCUT2D eigenvalue weighted by Crippen LogP contribution is -2.28. The Morgan fingerprint density at radius 3 is 1.36 bits per heavy atom. The summed E-state index contributed by atoms with van der Waals surface area (Å²) in [5, 5.41) is 0. The van der Waals surface area contributed by atoms with Crippen molar-refractivity contribution in [1.82, 2.24) is 0 Å². The molecule has 1 heteroatoms. The minimum Gasteiger partial charge on any atom is -0.310 e. The Labute approximate surface area is 329 Å². The van der Waals surface area contributed by atoms with E-state index in [1.54, 1.807) is 0 Å². The molecule has 0 N–H and O–H groups in total. The van der Waals surface area contributed by atoms with E-state index in [4.69, 9.17) is 0 Å². The minimum absolute atomic E-state index is 0.500. The second kappa shape index (κ2) is 14.2. The molecule has 0 spiro atoms. The van der Waals surface area contributed by atoms with Crippen molar-refractivity contribution in [3.05, 3.63) is 259 Å². The van der Waals surface area contributed by atoms with E-state index in [1.807, 2.05) is 0 Å². The lowest BCUT2D eigenvalue weighted by atomic mass is 9.68. The van der Waals surface area contributed by atoms with Crippen LogP contribution in [0.4, 0.5) is 17.1 Å². The van der Waals surface area contributed by atoms with Gasteiger partial charge in [0.2, 0.25) is 0 Å². The summed E-state index contributed by atoms with van der Waals surface area (Å²) >= 11 is 0. The molecule has 9 aromatic rings. The van der Waals surface area contributed by atoms with Gasteiger partial charge in [-0.2, -0.15) is 0 Å². The molecule has 0 fully saturated rings. The number of benzene rings is 9. The van der Waals surface area contributed by atoms with Crippen LogP contribution in [0.2, 0.25) is 0 Å². The Morgan fingerprint density at radius 2 is 0.750 bits per heavy atom. The lowest BCUT2D eigenvalue weighted by molar-refractivity contribution is 0.768. The van der Waals surface area contributed by atoms with Crippen LogP contribution < -0.4 is 4.90 Å². The highest BCUT2D eigenvalue weighted by molar-refractivity contribution is 5.98. The molecule has 9 aromatic carbocycles. The van der Waals surface area contributed by atoms with Crippen LogP contribution in [-0.4, -0.2) is 0 Å². The van der Waals surface area contributed by atoms with Crippen LogP contribution in [0.3, 0.4) is 0 Å². The van der Waals surface area contributed by atoms with Gasteiger partial charge in [0.1, 0.15) is 0 Å². The summed E-state index contributed by atoms with van der Waals surface area (Å²) in [5.41, 5.74) is 17.6. The van der Waals surface area contributed by atoms with Crippen LogP contribution in [0.15, 0.2) is 237 Å². The maximum Gasteiger partial charge on any atom is 0.0714 e. The molecule has 264 valence electrons. The molecule has 0 bridgehead atoms. The molecule has 0 atom stereocenters. The predicted molar refractivity (Wildman–Crippen MR) is 235 cm³/mol. The summed E-state index contributed by atoms with van der Waals surface area (Å²) in [4.78, 5) is 2.47. The summed E-state index contributed by atoms with van der Waals surface area (Å²) < 4.78 is 0. The van der Waals surface area contributed by atoms with Gasteiger partial charge in [0.05, 0.1) is 11.1 Å². The lowest BCUT2D eigenvalue weighted by Gasteiger charge is -2.34. The number of fused-ring (bicyclic) bond motifs is 3. The molecule has 0 aromatic heterocycles. The Balaban J connectivity index is 1.26. The fraction of sp³-hybridized carbons (Fsp3) is 0.0182. The molecule has 1 aliphatic carbocycles. The number of nitrogens with zero attached hydrogens (tertiary/aromatic N) is 1. The highest BCUT2D eigenvalue weighted by atomic mass is 15.1. The average molecular weight is 714 g/mol. The van der Waals surface area contributed by atoms with Gasteiger partial charge in [0.15, 0.2) is 0 Å². The van der Waals surface area contributed by atoms with E-state index < -0.39 is 5.41 Å². The van der Waals surface area contributed by atoms with Crippen LogP contribution in [0.5, 0.6) is 0 Å². The van der Waals surface area contributed by atoms with Crippen LogP contribution in [0.25, 0.3) is 44.5 Å². The van der Waals surface area contributed by atoms with E-state index in [1.165, 1.54) is 66.8 Å². The first-order valence-electron chi connectivity index (χ1n) is 19.4. The van der Waals surface area contributed by atoms with E-state index in [0.29, 0.717) is 0 Å². The van der Waals surface area contributed by atoms with Gasteiger partial charge in [-0.15, -0.1) is 0 Å². The normalized spacial score (nSPS) is 12.4. The van der Waals surface area contributed by atoms with Crippen molar-refractivity contribution in [2.75, 3.05) is 4.90 Å². The maximum atomic E-state index is 2.47. The molecule has 0 saturated heterocycles. The average Bonchev–Trinajstić information content (AvgIpc) is 3.60. The monoisotopic (exact) mass is 713 g/mol. The van der Waals surface area contributed by atoms with Gasteiger partial charge in [-0.3, -0.25) is 0 Å². The summed E-state index contributed by atoms with van der Waals surface area (Å²) in [5.74, 6) is 0. The van der Waals surface area contributed by atoms with Crippen molar-refractivity contribution >= 4 is 17.1 Å². The Kier molecular flexibility index (Phi) is 8.46. The van der Waals surface area contributed by atoms with Gasteiger partial charge >= 0.3 is 0 Å². The first kappa shape index (κ1) is 33.4. The largest absolute Gasteiger partial charge is 0.310 e. The summed E-state index contributed by atoms with van der Waals surface area (Å²) in [6.45, 7) is 0. The molecule has 1 aliphatic rings. The second-order valence-corrected chi connectivity index (χ2v) is 14.4. The topological polar surface area (TPSA) is 3.24 Å². The fourth-order valence-corrected chi connectivity index (χ4v) is 8.92. The fourth-order valence-electron chi connectivity index (χ4n) is 8.92. The van der Waals surface area contributed by atoms with Gasteiger partial charge < -0.3 is 4.90 Å². The summed E-state index contributed by atoms with van der Waals surface area (Å²) in [6.07, 6.45) is 0. The Bertz CT molecular complexity index is 2720. The number of hydrogen-bond donors (Lipinski definition) is 0. The van der Waals surface area contributed by atoms with Crippen LogP contribution in [0.1, 0.15) is 22.3 Å². The first-order chi connectivity index (χ1) is 27.8. The van der Waals surface area contributed by atoms with Gasteiger partial charge in [0, 0.05) is 16.9 Å². The zero-order valence-electron chi connectivity index (χ0n) is 31.0. The van der Waals surface area contributed by atoms with Crippen molar-refractivity contribution < 1.29 is 0 Å². The van der Waals surface area contributed by atoms with Crippen LogP contribution in [-0.2, 0) is 5.41 Å². The number of hydrogen-bond acceptors (Lipinski definition) is 1. The number of rotatable bonds is 8. The van der Waals surface area contributed by atoms with E-state index in [0.717, 1.165) is 17.1 Å². The SMILES string of the molecule is c1ccc(-c2ccc(N(c3ccc(-c4ccccc4)c(-c4ccccc4)c3)c3cccc4c3-c3ccccc3C4(c3ccccc3)c3ccccc3)cc2)cc1. The van der Waals surface area contributed by atoms with Gasteiger partial charge in [-0.05, 0) is 91.5 Å². The van der Waals surface area contributed by atoms with E-state index >= 15 is 0 Å². The van der Waals surface area contributed by atoms with Crippen molar-refractivity contribution in [3.63, 3.8) is 0 Å². The molecule has 0 saturated carbocycles. The third kappa shape index (κ3) is 5.56. The zero-order chi connectivity index (χ0) is 37.3. The van der Waals surface area contributed by atoms with E-state index in [9.17, 15) is 0 Å². The Hall–Kier alpha value is -7.22. The van der Waals surface area contributed by atoms with Crippen molar-refractivity contribution in [2.24, 2.45) is 0 Å². The third-order valence-corrected chi connectivity index (χ3v) is 11.4. The standard InChI is InChI=1S/C55H39N/c1-6-19-40(20-7-1)41-33-35-46(36-34-41)56(47-37-38-48(42-21-8-2-9-22-42)50(39-47)43-23-10-3-11-24-43)53-32-18-31-52-54(53)49-29-16-17-30-51(49)55(52,44-25-12-4-13-26-44)45-27-14-5-15-28-45/h1-39H. The Morgan fingerprint density at radius 1 is 0.286 bits per heavy atom. The molecule has 56 heavy (non-hydrogen) atoms. The summed E-state index contributed by atoms with van der Waals surface area (Å²) in [7, 11) is 0. The second-order valence-electron chi connectivity index (χ2n) is 14.4. The third-order valence-electron chi connectivity index (χ3n) is 11.4. The van der Waals surface area contributed by atoms with Crippen molar-refractivity contribution in [3.8, 4) is 44.5 Å². The molecule has 0 amide bonds. The van der Waals surface area contributed by atoms with Crippen LogP contribution in [0, 0.1) is 0 Å². The van der Waals surface area contributed by atoms with E-state index in [2.05, 4.69) is 241 Å². The van der Waals surface area contributed by atoms with Gasteiger partial charge in [0.25, 0.3) is 0 Å². The minimum atomic E-state index is -0.500. The van der Waals surface area contributed by atoms with Gasteiger partial charge in [-0.25, -0.2) is 0 Å². The highest BCUT2D eigenvalue weighted by Gasteiger charge is 2.47. The molecular formula is C55H39N. The zero-order valence-corrected chi connectivity index (χ0v) is 31.0. The molecule has 0 aliphatic heterocycles.